The number of nitrogens with zero attached hydrogens (tertiary/aromatic N) is 3. The van der Waals surface area contributed by atoms with E-state index in [9.17, 15) is 13.2 Å². The third-order valence-electron chi connectivity index (χ3n) is 4.33. The summed E-state index contributed by atoms with van der Waals surface area (Å²) in [6.45, 7) is 5.79. The van der Waals surface area contributed by atoms with Gasteiger partial charge in [0.05, 0.1) is 5.01 Å². The second-order valence-electron chi connectivity index (χ2n) is 6.06. The highest BCUT2D eigenvalue weighted by Crippen LogP contribution is 2.29. The van der Waals surface area contributed by atoms with E-state index in [-0.39, 0.29) is 24.0 Å². The molecule has 5 nitrogen and oxygen atoms in total. The Morgan fingerprint density at radius 3 is 2.58 bits per heavy atom. The molecule has 0 bridgehead atoms. The van der Waals surface area contributed by atoms with Gasteiger partial charge in [-0.3, -0.25) is 9.89 Å². The zero-order valence-electron chi connectivity index (χ0n) is 15.1. The maximum absolute atomic E-state index is 12.5. The van der Waals surface area contributed by atoms with E-state index in [2.05, 4.69) is 32.4 Å². The highest BCUT2D eigenvalue weighted by Gasteiger charge is 2.33. The average Bonchev–Trinajstić information content (AvgIpc) is 3.25. The predicted octanol–water partition coefficient (Wildman–Crippen LogP) is 3.36. The van der Waals surface area contributed by atoms with Gasteiger partial charge in [-0.15, -0.1) is 35.3 Å². The van der Waals surface area contributed by atoms with Gasteiger partial charge in [-0.05, 0) is 32.4 Å². The summed E-state index contributed by atoms with van der Waals surface area (Å²) in [6, 6.07) is 0.481. The van der Waals surface area contributed by atoms with Crippen molar-refractivity contribution in [2.45, 2.75) is 44.8 Å². The molecule has 26 heavy (non-hydrogen) atoms. The molecule has 1 aromatic rings. The molecule has 1 aliphatic rings. The molecule has 2 heterocycles. The number of aliphatic imine (C=N–C) groups is 1. The second-order valence-corrected chi connectivity index (χ2v) is 7.00. The van der Waals surface area contributed by atoms with Crippen LogP contribution in [0.3, 0.4) is 0 Å². The van der Waals surface area contributed by atoms with Crippen molar-refractivity contribution < 1.29 is 13.2 Å². The lowest BCUT2D eigenvalue weighted by molar-refractivity contribution is -0.140. The molecule has 0 saturated carbocycles. The Bertz CT molecular complexity index is 558. The molecule has 1 fully saturated rings. The van der Waals surface area contributed by atoms with Crippen LogP contribution in [-0.4, -0.2) is 55.1 Å². The van der Waals surface area contributed by atoms with Gasteiger partial charge in [-0.2, -0.15) is 13.2 Å². The SMILES string of the molecule is CCC(CNC(=NC)NCCc1nc(C(F)(F)F)cs1)N1CCCC1.I. The first-order chi connectivity index (χ1) is 11.9. The van der Waals surface area contributed by atoms with Crippen LogP contribution in [0.1, 0.15) is 36.9 Å². The summed E-state index contributed by atoms with van der Waals surface area (Å²) in [7, 11) is 1.69. The van der Waals surface area contributed by atoms with Crippen LogP contribution >= 0.6 is 35.3 Å². The molecular formula is C16H27F3IN5S. The normalized spacial score (nSPS) is 17.0. The van der Waals surface area contributed by atoms with E-state index < -0.39 is 11.9 Å². The largest absolute Gasteiger partial charge is 0.434 e. The van der Waals surface area contributed by atoms with Crippen molar-refractivity contribution in [2.24, 2.45) is 4.99 Å². The monoisotopic (exact) mass is 505 g/mol. The summed E-state index contributed by atoms with van der Waals surface area (Å²) < 4.78 is 37.6. The highest BCUT2D eigenvalue weighted by atomic mass is 127. The van der Waals surface area contributed by atoms with Gasteiger partial charge in [0.1, 0.15) is 0 Å². The molecule has 0 radical (unpaired) electrons. The van der Waals surface area contributed by atoms with Crippen LogP contribution in [0.4, 0.5) is 13.2 Å². The fourth-order valence-electron chi connectivity index (χ4n) is 2.92. The lowest BCUT2D eigenvalue weighted by Crippen LogP contribution is -2.46. The molecule has 1 atom stereocenters. The van der Waals surface area contributed by atoms with E-state index in [4.69, 9.17) is 0 Å². The molecule has 0 aliphatic carbocycles. The first kappa shape index (κ1) is 23.4. The van der Waals surface area contributed by atoms with Crippen molar-refractivity contribution in [1.82, 2.24) is 20.5 Å². The summed E-state index contributed by atoms with van der Waals surface area (Å²) in [5.74, 6) is 0.672. The Balaban J connectivity index is 0.00000338. The third-order valence-corrected chi connectivity index (χ3v) is 5.24. The van der Waals surface area contributed by atoms with Crippen LogP contribution in [0.5, 0.6) is 0 Å². The molecule has 1 aromatic heterocycles. The number of alkyl halides is 3. The van der Waals surface area contributed by atoms with E-state index in [1.165, 1.54) is 12.8 Å². The minimum atomic E-state index is -4.37. The number of hydrogen-bond acceptors (Lipinski definition) is 4. The fraction of sp³-hybridized carbons (Fsp3) is 0.750. The number of thiazole rings is 1. The Morgan fingerprint density at radius 2 is 2.04 bits per heavy atom. The maximum Gasteiger partial charge on any atom is 0.434 e. The zero-order chi connectivity index (χ0) is 18.3. The summed E-state index contributed by atoms with van der Waals surface area (Å²) in [6.07, 6.45) is -0.340. The highest BCUT2D eigenvalue weighted by molar-refractivity contribution is 14.0. The van der Waals surface area contributed by atoms with Crippen molar-refractivity contribution in [1.29, 1.82) is 0 Å². The molecule has 1 aliphatic heterocycles. The number of hydrogen-bond donors (Lipinski definition) is 2. The second kappa shape index (κ2) is 11.3. The summed E-state index contributed by atoms with van der Waals surface area (Å²) in [4.78, 5) is 10.3. The molecule has 1 saturated heterocycles. The van der Waals surface area contributed by atoms with Crippen molar-refractivity contribution in [3.63, 3.8) is 0 Å². The molecule has 10 heteroatoms. The standard InChI is InChI=1S/C16H26F3N5S.HI/c1-3-12(24-8-4-5-9-24)10-22-15(20-2)21-7-6-14-23-13(11-25-14)16(17,18)19;/h11-12H,3-10H2,1-2H3,(H2,20,21,22);1H. The number of aromatic nitrogens is 1. The van der Waals surface area contributed by atoms with Crippen molar-refractivity contribution in [2.75, 3.05) is 33.2 Å². The molecule has 1 unspecified atom stereocenters. The molecule has 0 aromatic carbocycles. The average molecular weight is 505 g/mol. The topological polar surface area (TPSA) is 52.6 Å². The summed E-state index contributed by atoms with van der Waals surface area (Å²) in [5.41, 5.74) is -0.814. The lowest BCUT2D eigenvalue weighted by Gasteiger charge is -2.27. The third kappa shape index (κ3) is 7.18. The van der Waals surface area contributed by atoms with E-state index in [1.54, 1.807) is 7.05 Å². The summed E-state index contributed by atoms with van der Waals surface area (Å²) in [5, 5.41) is 7.99. The van der Waals surface area contributed by atoms with E-state index >= 15 is 0 Å². The zero-order valence-corrected chi connectivity index (χ0v) is 18.3. The predicted molar refractivity (Wildman–Crippen MR) is 110 cm³/mol. The van der Waals surface area contributed by atoms with Crippen molar-refractivity contribution >= 4 is 41.3 Å². The first-order valence-corrected chi connectivity index (χ1v) is 9.52. The van der Waals surface area contributed by atoms with Crippen LogP contribution in [0, 0.1) is 0 Å². The number of likely N-dealkylation sites (tertiary alicyclic amines) is 1. The van der Waals surface area contributed by atoms with E-state index in [0.29, 0.717) is 30.0 Å². The lowest BCUT2D eigenvalue weighted by atomic mass is 10.2. The minimum absolute atomic E-state index is 0. The van der Waals surface area contributed by atoms with Gasteiger partial charge >= 0.3 is 6.18 Å². The van der Waals surface area contributed by atoms with Gasteiger partial charge in [0, 0.05) is 38.0 Å². The van der Waals surface area contributed by atoms with Crippen LogP contribution in [0.2, 0.25) is 0 Å². The molecular weight excluding hydrogens is 478 g/mol. The molecule has 0 spiro atoms. The van der Waals surface area contributed by atoms with Gasteiger partial charge in [0.2, 0.25) is 0 Å². The van der Waals surface area contributed by atoms with Crippen LogP contribution in [0.25, 0.3) is 0 Å². The Hall–Kier alpha value is -0.620. The smallest absolute Gasteiger partial charge is 0.356 e. The fourth-order valence-corrected chi connectivity index (χ4v) is 3.72. The van der Waals surface area contributed by atoms with Gasteiger partial charge in [-0.25, -0.2) is 4.98 Å². The number of nitrogens with one attached hydrogen (secondary N) is 2. The molecule has 150 valence electrons. The first-order valence-electron chi connectivity index (χ1n) is 8.64. The van der Waals surface area contributed by atoms with Gasteiger partial charge in [-0.1, -0.05) is 6.92 Å². The molecule has 0 amide bonds. The van der Waals surface area contributed by atoms with Crippen LogP contribution < -0.4 is 10.6 Å². The minimum Gasteiger partial charge on any atom is -0.356 e. The van der Waals surface area contributed by atoms with Gasteiger partial charge in [0.15, 0.2) is 11.7 Å². The number of halogens is 4. The van der Waals surface area contributed by atoms with E-state index in [1.807, 2.05) is 0 Å². The van der Waals surface area contributed by atoms with Crippen LogP contribution in [-0.2, 0) is 12.6 Å². The summed E-state index contributed by atoms with van der Waals surface area (Å²) >= 11 is 1.04. The molecule has 2 rings (SSSR count). The van der Waals surface area contributed by atoms with Gasteiger partial charge in [0.25, 0.3) is 0 Å². The van der Waals surface area contributed by atoms with Gasteiger partial charge < -0.3 is 10.6 Å². The van der Waals surface area contributed by atoms with Crippen LogP contribution in [0.15, 0.2) is 10.4 Å². The number of guanidine groups is 1. The number of rotatable bonds is 7. The Labute approximate surface area is 173 Å². The Morgan fingerprint density at radius 1 is 1.35 bits per heavy atom. The van der Waals surface area contributed by atoms with Crippen molar-refractivity contribution in [3.05, 3.63) is 16.1 Å². The van der Waals surface area contributed by atoms with Crippen molar-refractivity contribution in [3.8, 4) is 0 Å². The quantitative estimate of drug-likeness (QED) is 0.339. The van der Waals surface area contributed by atoms with E-state index in [0.717, 1.165) is 42.8 Å². The maximum atomic E-state index is 12.5. The Kier molecular flexibility index (Phi) is 10.2. The molecule has 2 N–H and O–H groups in total.